The van der Waals surface area contributed by atoms with Gasteiger partial charge in [0.05, 0.1) is 27.9 Å². The number of nitrogens with two attached hydrogens (primary N) is 1. The number of nitrogens with one attached hydrogen (secondary N) is 1. The molecule has 0 unspecified atom stereocenters. The maximum atomic E-state index is 9.36. The van der Waals surface area contributed by atoms with Crippen LogP contribution in [0.25, 0.3) is 0 Å². The molecule has 0 spiro atoms. The van der Waals surface area contributed by atoms with E-state index in [1.54, 1.807) is 12.1 Å². The first-order chi connectivity index (χ1) is 7.56. The molecule has 0 aromatic heterocycles. The number of aliphatic hydroxyl groups is 1. The molecule has 0 saturated heterocycles. The number of anilines is 2. The van der Waals surface area contributed by atoms with Crippen molar-refractivity contribution in [1.82, 2.24) is 0 Å². The van der Waals surface area contributed by atoms with Crippen LogP contribution in [0.5, 0.6) is 0 Å². The van der Waals surface area contributed by atoms with Gasteiger partial charge in [0.1, 0.15) is 0 Å². The van der Waals surface area contributed by atoms with E-state index in [9.17, 15) is 5.11 Å². The predicted molar refractivity (Wildman–Crippen MR) is 68.2 cm³/mol. The van der Waals surface area contributed by atoms with Crippen molar-refractivity contribution < 1.29 is 5.11 Å². The Bertz CT molecular complexity index is 376. The molecular weight excluding hydrogens is 247 g/mol. The third-order valence-corrected chi connectivity index (χ3v) is 3.66. The highest BCUT2D eigenvalue weighted by molar-refractivity contribution is 6.39. The van der Waals surface area contributed by atoms with Crippen molar-refractivity contribution in [2.45, 2.75) is 24.8 Å². The molecule has 88 valence electrons. The summed E-state index contributed by atoms with van der Waals surface area (Å²) in [6.45, 7) is 0.0873. The van der Waals surface area contributed by atoms with Crippen LogP contribution in [0.3, 0.4) is 0 Å². The van der Waals surface area contributed by atoms with Crippen LogP contribution >= 0.6 is 23.2 Å². The van der Waals surface area contributed by atoms with Gasteiger partial charge in [0.2, 0.25) is 0 Å². The second kappa shape index (κ2) is 4.32. The molecular formula is C11H14Cl2N2O. The van der Waals surface area contributed by atoms with Crippen molar-refractivity contribution in [1.29, 1.82) is 0 Å². The van der Waals surface area contributed by atoms with Gasteiger partial charge in [0, 0.05) is 5.69 Å². The average molecular weight is 261 g/mol. The summed E-state index contributed by atoms with van der Waals surface area (Å²) in [5, 5.41) is 13.6. The summed E-state index contributed by atoms with van der Waals surface area (Å²) in [4.78, 5) is 0. The normalized spacial score (nSPS) is 17.9. The minimum atomic E-state index is -0.261. The lowest BCUT2D eigenvalue weighted by Crippen LogP contribution is -2.48. The molecule has 1 aromatic rings. The molecule has 0 atom stereocenters. The minimum absolute atomic E-state index is 0.0873. The Hall–Kier alpha value is -0.640. The molecule has 4 N–H and O–H groups in total. The Morgan fingerprint density at radius 1 is 1.31 bits per heavy atom. The number of rotatable bonds is 3. The molecule has 1 aromatic carbocycles. The summed E-state index contributed by atoms with van der Waals surface area (Å²) >= 11 is 12.1. The van der Waals surface area contributed by atoms with E-state index in [-0.39, 0.29) is 12.1 Å². The third-order valence-electron chi connectivity index (χ3n) is 3.07. The molecule has 1 aliphatic carbocycles. The summed E-state index contributed by atoms with van der Waals surface area (Å²) in [5.74, 6) is 0. The largest absolute Gasteiger partial charge is 0.399 e. The van der Waals surface area contributed by atoms with Crippen molar-refractivity contribution in [3.05, 3.63) is 22.2 Å². The van der Waals surface area contributed by atoms with E-state index in [1.165, 1.54) is 0 Å². The molecule has 2 rings (SSSR count). The lowest BCUT2D eigenvalue weighted by molar-refractivity contribution is 0.144. The van der Waals surface area contributed by atoms with Crippen molar-refractivity contribution in [3.63, 3.8) is 0 Å². The Kier molecular flexibility index (Phi) is 3.19. The van der Waals surface area contributed by atoms with Gasteiger partial charge in [-0.1, -0.05) is 23.2 Å². The number of hydrogen-bond donors (Lipinski definition) is 3. The minimum Gasteiger partial charge on any atom is -0.399 e. The van der Waals surface area contributed by atoms with Gasteiger partial charge in [0.25, 0.3) is 0 Å². The zero-order valence-electron chi connectivity index (χ0n) is 8.76. The SMILES string of the molecule is Nc1cc(Cl)c(NC2(CO)CCC2)c(Cl)c1. The summed E-state index contributed by atoms with van der Waals surface area (Å²) in [5.41, 5.74) is 6.56. The van der Waals surface area contributed by atoms with Crippen LogP contribution in [0, 0.1) is 0 Å². The summed E-state index contributed by atoms with van der Waals surface area (Å²) in [6, 6.07) is 3.30. The van der Waals surface area contributed by atoms with Crippen LogP contribution in [0.1, 0.15) is 19.3 Å². The Morgan fingerprint density at radius 2 is 1.88 bits per heavy atom. The highest BCUT2D eigenvalue weighted by Gasteiger charge is 2.37. The maximum Gasteiger partial charge on any atom is 0.0725 e. The first-order valence-electron chi connectivity index (χ1n) is 5.20. The monoisotopic (exact) mass is 260 g/mol. The first kappa shape index (κ1) is 11.8. The molecule has 0 heterocycles. The third kappa shape index (κ3) is 2.08. The molecule has 0 bridgehead atoms. The van der Waals surface area contributed by atoms with E-state index >= 15 is 0 Å². The zero-order chi connectivity index (χ0) is 11.8. The standard InChI is InChI=1S/C11H14Cl2N2O/c12-8-4-7(14)5-9(13)10(8)15-11(6-16)2-1-3-11/h4-5,15-16H,1-3,6,14H2. The molecule has 1 aliphatic rings. The molecule has 16 heavy (non-hydrogen) atoms. The van der Waals surface area contributed by atoms with Gasteiger partial charge < -0.3 is 16.2 Å². The van der Waals surface area contributed by atoms with Crippen LogP contribution < -0.4 is 11.1 Å². The van der Waals surface area contributed by atoms with Gasteiger partial charge in [-0.05, 0) is 31.4 Å². The highest BCUT2D eigenvalue weighted by Crippen LogP contribution is 2.40. The van der Waals surface area contributed by atoms with Gasteiger partial charge >= 0.3 is 0 Å². The molecule has 5 heteroatoms. The number of nitrogen functional groups attached to an aromatic ring is 1. The smallest absolute Gasteiger partial charge is 0.0725 e. The summed E-state index contributed by atoms with van der Waals surface area (Å²) in [7, 11) is 0. The van der Waals surface area contributed by atoms with Gasteiger partial charge in [-0.3, -0.25) is 0 Å². The second-order valence-electron chi connectivity index (χ2n) is 4.28. The maximum absolute atomic E-state index is 9.36. The lowest BCUT2D eigenvalue weighted by Gasteiger charge is -2.42. The second-order valence-corrected chi connectivity index (χ2v) is 5.09. The fourth-order valence-electron chi connectivity index (χ4n) is 1.90. The van der Waals surface area contributed by atoms with Gasteiger partial charge in [0.15, 0.2) is 0 Å². The van der Waals surface area contributed by atoms with E-state index in [0.29, 0.717) is 21.4 Å². The van der Waals surface area contributed by atoms with E-state index < -0.39 is 0 Å². The molecule has 1 fully saturated rings. The Balaban J connectivity index is 2.27. The predicted octanol–water partition coefficient (Wildman–Crippen LogP) is 2.90. The lowest BCUT2D eigenvalue weighted by atomic mass is 9.77. The number of aliphatic hydroxyl groups excluding tert-OH is 1. The summed E-state index contributed by atoms with van der Waals surface area (Å²) in [6.07, 6.45) is 2.97. The zero-order valence-corrected chi connectivity index (χ0v) is 10.3. The van der Waals surface area contributed by atoms with Crippen LogP contribution in [0.4, 0.5) is 11.4 Å². The molecule has 1 saturated carbocycles. The number of hydrogen-bond acceptors (Lipinski definition) is 3. The van der Waals surface area contributed by atoms with E-state index in [0.717, 1.165) is 19.3 Å². The van der Waals surface area contributed by atoms with Gasteiger partial charge in [-0.25, -0.2) is 0 Å². The number of halogens is 2. The van der Waals surface area contributed by atoms with Gasteiger partial charge in [-0.2, -0.15) is 0 Å². The van der Waals surface area contributed by atoms with Crippen molar-refractivity contribution >= 4 is 34.6 Å². The van der Waals surface area contributed by atoms with Crippen LogP contribution in [0.2, 0.25) is 10.0 Å². The van der Waals surface area contributed by atoms with E-state index in [2.05, 4.69) is 5.32 Å². The number of benzene rings is 1. The average Bonchev–Trinajstić information content (AvgIpc) is 2.14. The van der Waals surface area contributed by atoms with Crippen molar-refractivity contribution in [2.24, 2.45) is 0 Å². The molecule has 0 amide bonds. The van der Waals surface area contributed by atoms with E-state index in [1.807, 2.05) is 0 Å². The van der Waals surface area contributed by atoms with Gasteiger partial charge in [-0.15, -0.1) is 0 Å². The first-order valence-corrected chi connectivity index (χ1v) is 5.95. The van der Waals surface area contributed by atoms with Crippen molar-refractivity contribution in [2.75, 3.05) is 17.7 Å². The molecule has 0 aliphatic heterocycles. The molecule has 3 nitrogen and oxygen atoms in total. The Labute approximate surface area is 105 Å². The molecule has 0 radical (unpaired) electrons. The van der Waals surface area contributed by atoms with Crippen LogP contribution in [-0.4, -0.2) is 17.3 Å². The summed E-state index contributed by atoms with van der Waals surface area (Å²) < 4.78 is 0. The van der Waals surface area contributed by atoms with E-state index in [4.69, 9.17) is 28.9 Å². The van der Waals surface area contributed by atoms with Crippen LogP contribution in [-0.2, 0) is 0 Å². The topological polar surface area (TPSA) is 58.3 Å². The van der Waals surface area contributed by atoms with Crippen LogP contribution in [0.15, 0.2) is 12.1 Å². The fourth-order valence-corrected chi connectivity index (χ4v) is 2.50. The Morgan fingerprint density at radius 3 is 2.25 bits per heavy atom. The fraction of sp³-hybridized carbons (Fsp3) is 0.455. The van der Waals surface area contributed by atoms with Crippen molar-refractivity contribution in [3.8, 4) is 0 Å². The highest BCUT2D eigenvalue weighted by atomic mass is 35.5. The quantitative estimate of drug-likeness (QED) is 0.733.